The van der Waals surface area contributed by atoms with E-state index in [2.05, 4.69) is 54.0 Å². The first kappa shape index (κ1) is 24.4. The number of hydrogen-bond acceptors (Lipinski definition) is 4. The van der Waals surface area contributed by atoms with E-state index in [0.29, 0.717) is 5.56 Å². The Hall–Kier alpha value is -4.34. The average molecular weight is 507 g/mol. The van der Waals surface area contributed by atoms with E-state index in [4.69, 9.17) is 4.74 Å². The molecule has 3 aromatic carbocycles. The van der Waals surface area contributed by atoms with Crippen LogP contribution in [0.2, 0.25) is 0 Å². The number of aliphatic carboxylic acids is 1. The van der Waals surface area contributed by atoms with E-state index in [1.54, 1.807) is 24.5 Å². The first-order valence-corrected chi connectivity index (χ1v) is 13.0. The fourth-order valence-electron chi connectivity index (χ4n) is 4.63. The second-order valence-corrected chi connectivity index (χ2v) is 9.96. The minimum atomic E-state index is -1.22. The summed E-state index contributed by atoms with van der Waals surface area (Å²) in [6, 6.07) is 26.6. The molecule has 0 aliphatic carbocycles. The fourth-order valence-corrected chi connectivity index (χ4v) is 5.64. The van der Waals surface area contributed by atoms with Gasteiger partial charge in [0.1, 0.15) is 17.4 Å². The van der Waals surface area contributed by atoms with Gasteiger partial charge in [0.15, 0.2) is 0 Å². The third kappa shape index (κ3) is 4.74. The van der Waals surface area contributed by atoms with Crippen LogP contribution in [0.1, 0.15) is 25.3 Å². The summed E-state index contributed by atoms with van der Waals surface area (Å²) >= 11 is 1.75. The summed E-state index contributed by atoms with van der Waals surface area (Å²) in [5.41, 5.74) is 4.97. The minimum Gasteiger partial charge on any atom is -0.497 e. The topological polar surface area (TPSA) is 75.2 Å². The van der Waals surface area contributed by atoms with E-state index < -0.39 is 5.97 Å². The third-order valence-corrected chi connectivity index (χ3v) is 7.73. The van der Waals surface area contributed by atoms with Gasteiger partial charge in [-0.25, -0.2) is 4.79 Å². The van der Waals surface area contributed by atoms with Gasteiger partial charge in [0.2, 0.25) is 0 Å². The molecular weight excluding hydrogens is 480 g/mol. The number of fused-ring (bicyclic) bond motifs is 3. The molecule has 0 amide bonds. The zero-order chi connectivity index (χ0) is 25.9. The molecule has 2 heterocycles. The van der Waals surface area contributed by atoms with Crippen LogP contribution in [0, 0.1) is 11.3 Å². The molecule has 0 fully saturated rings. The molecule has 0 radical (unpaired) electrons. The maximum atomic E-state index is 11.4. The largest absolute Gasteiger partial charge is 0.497 e. The zero-order valence-corrected chi connectivity index (χ0v) is 21.5. The predicted octanol–water partition coefficient (Wildman–Crippen LogP) is 7.99. The predicted molar refractivity (Wildman–Crippen MR) is 151 cm³/mol. The molecular formula is C31H26N2O3S. The smallest absolute Gasteiger partial charge is 0.346 e. The second kappa shape index (κ2) is 10.3. The van der Waals surface area contributed by atoms with Gasteiger partial charge in [0.25, 0.3) is 0 Å². The molecule has 37 heavy (non-hydrogen) atoms. The standard InChI is InChI=1S/C31H26N2O3S/c1-3-4-15-33-27-11-5-20(16-23(19-32)31(34)35)17-25(27)26-18-22(8-12-28(26)33)30-14-13-29(37-30)21-6-9-24(36-2)10-7-21/h5-14,16-18H,3-4,15H2,1-2H3,(H,34,35)/b23-16+. The number of nitrogens with zero attached hydrogens (tertiary/aromatic N) is 2. The Balaban J connectivity index is 1.62. The lowest BCUT2D eigenvalue weighted by Gasteiger charge is -2.07. The van der Waals surface area contributed by atoms with E-state index in [9.17, 15) is 15.2 Å². The van der Waals surface area contributed by atoms with E-state index >= 15 is 0 Å². The highest BCUT2D eigenvalue weighted by molar-refractivity contribution is 7.18. The Morgan fingerprint density at radius 2 is 1.62 bits per heavy atom. The first-order valence-electron chi connectivity index (χ1n) is 12.2. The number of methoxy groups -OCH3 is 1. The highest BCUT2D eigenvalue weighted by atomic mass is 32.1. The highest BCUT2D eigenvalue weighted by Gasteiger charge is 2.14. The molecule has 0 saturated heterocycles. The Labute approximate surface area is 219 Å². The lowest BCUT2D eigenvalue weighted by molar-refractivity contribution is -0.132. The van der Waals surface area contributed by atoms with Crippen molar-refractivity contribution in [1.82, 2.24) is 4.57 Å². The van der Waals surface area contributed by atoms with Gasteiger partial charge in [-0.15, -0.1) is 11.3 Å². The monoisotopic (exact) mass is 506 g/mol. The average Bonchev–Trinajstić information content (AvgIpc) is 3.53. The Morgan fingerprint density at radius 1 is 0.973 bits per heavy atom. The minimum absolute atomic E-state index is 0.278. The van der Waals surface area contributed by atoms with Crippen molar-refractivity contribution in [3.63, 3.8) is 0 Å². The van der Waals surface area contributed by atoms with Gasteiger partial charge < -0.3 is 14.4 Å². The lowest BCUT2D eigenvalue weighted by atomic mass is 10.0. The SMILES string of the molecule is CCCCn1c2ccc(/C=C(\C#N)C(=O)O)cc2c2cc(-c3ccc(-c4ccc(OC)cc4)s3)ccc21. The molecule has 5 aromatic rings. The van der Waals surface area contributed by atoms with Crippen LogP contribution in [0.25, 0.3) is 48.8 Å². The van der Waals surface area contributed by atoms with Crippen LogP contribution < -0.4 is 4.74 Å². The summed E-state index contributed by atoms with van der Waals surface area (Å²) in [7, 11) is 1.67. The van der Waals surface area contributed by atoms with E-state index in [0.717, 1.165) is 58.1 Å². The summed E-state index contributed by atoms with van der Waals surface area (Å²) in [4.78, 5) is 13.7. The number of carboxylic acid groups (broad SMARTS) is 1. The molecule has 0 bridgehead atoms. The van der Waals surface area contributed by atoms with Crippen LogP contribution >= 0.6 is 11.3 Å². The molecule has 0 aliphatic rings. The van der Waals surface area contributed by atoms with Crippen molar-refractivity contribution in [3.05, 3.63) is 83.9 Å². The van der Waals surface area contributed by atoms with Gasteiger partial charge in [0.05, 0.1) is 7.11 Å². The number of unbranched alkanes of at least 4 members (excludes halogenated alkanes) is 1. The molecule has 0 unspecified atom stereocenters. The first-order chi connectivity index (χ1) is 18.0. The number of aromatic nitrogens is 1. The number of rotatable bonds is 8. The summed E-state index contributed by atoms with van der Waals surface area (Å²) in [6.45, 7) is 3.09. The lowest BCUT2D eigenvalue weighted by Crippen LogP contribution is -1.98. The van der Waals surface area contributed by atoms with Crippen molar-refractivity contribution in [3.8, 4) is 32.7 Å². The number of hydrogen-bond donors (Lipinski definition) is 1. The third-order valence-electron chi connectivity index (χ3n) is 6.55. The summed E-state index contributed by atoms with van der Waals surface area (Å²) in [5.74, 6) is -0.384. The Morgan fingerprint density at radius 3 is 2.27 bits per heavy atom. The van der Waals surface area contributed by atoms with Crippen LogP contribution in [0.4, 0.5) is 0 Å². The molecule has 184 valence electrons. The Bertz CT molecular complexity index is 1680. The van der Waals surface area contributed by atoms with Gasteiger partial charge in [-0.2, -0.15) is 5.26 Å². The normalized spacial score (nSPS) is 11.6. The van der Waals surface area contributed by atoms with Crippen molar-refractivity contribution in [2.45, 2.75) is 26.3 Å². The number of benzene rings is 3. The zero-order valence-electron chi connectivity index (χ0n) is 20.7. The number of ether oxygens (including phenoxy) is 1. The number of aryl methyl sites for hydroxylation is 1. The highest BCUT2D eigenvalue weighted by Crippen LogP contribution is 2.38. The van der Waals surface area contributed by atoms with Crippen molar-refractivity contribution in [2.24, 2.45) is 0 Å². The molecule has 0 aliphatic heterocycles. The number of carboxylic acids is 1. The Kier molecular flexibility index (Phi) is 6.80. The van der Waals surface area contributed by atoms with Gasteiger partial charge >= 0.3 is 5.97 Å². The number of carbonyl (C=O) groups is 1. The molecule has 6 heteroatoms. The van der Waals surface area contributed by atoms with E-state index in [1.807, 2.05) is 30.3 Å². The molecule has 1 N–H and O–H groups in total. The van der Waals surface area contributed by atoms with Crippen molar-refractivity contribution < 1.29 is 14.6 Å². The summed E-state index contributed by atoms with van der Waals surface area (Å²) in [5, 5.41) is 20.7. The molecule has 0 atom stereocenters. The molecule has 0 spiro atoms. The summed E-state index contributed by atoms with van der Waals surface area (Å²) in [6.07, 6.45) is 3.59. The number of nitriles is 1. The summed E-state index contributed by atoms with van der Waals surface area (Å²) < 4.78 is 7.62. The van der Waals surface area contributed by atoms with Crippen molar-refractivity contribution in [1.29, 1.82) is 5.26 Å². The quantitative estimate of drug-likeness (QED) is 0.171. The second-order valence-electron chi connectivity index (χ2n) is 8.88. The molecule has 2 aromatic heterocycles. The van der Waals surface area contributed by atoms with Crippen LogP contribution in [-0.4, -0.2) is 22.8 Å². The van der Waals surface area contributed by atoms with E-state index in [-0.39, 0.29) is 5.57 Å². The number of thiophene rings is 1. The molecule has 0 saturated carbocycles. The van der Waals surface area contributed by atoms with Crippen LogP contribution in [0.15, 0.2) is 78.4 Å². The van der Waals surface area contributed by atoms with Crippen LogP contribution in [0.3, 0.4) is 0 Å². The van der Waals surface area contributed by atoms with Crippen molar-refractivity contribution >= 4 is 45.2 Å². The van der Waals surface area contributed by atoms with Crippen LogP contribution in [-0.2, 0) is 11.3 Å². The van der Waals surface area contributed by atoms with Gasteiger partial charge in [-0.1, -0.05) is 25.5 Å². The molecule has 5 nitrogen and oxygen atoms in total. The van der Waals surface area contributed by atoms with Gasteiger partial charge in [-0.05, 0) is 89.9 Å². The fraction of sp³-hybridized carbons (Fsp3) is 0.161. The molecule has 5 rings (SSSR count). The van der Waals surface area contributed by atoms with Gasteiger partial charge in [-0.3, -0.25) is 0 Å². The van der Waals surface area contributed by atoms with E-state index in [1.165, 1.54) is 15.8 Å². The maximum absolute atomic E-state index is 11.4. The maximum Gasteiger partial charge on any atom is 0.346 e. The van der Waals surface area contributed by atoms with Crippen molar-refractivity contribution in [2.75, 3.05) is 7.11 Å². The van der Waals surface area contributed by atoms with Gasteiger partial charge in [0, 0.05) is 38.1 Å². The van der Waals surface area contributed by atoms with Crippen LogP contribution in [0.5, 0.6) is 5.75 Å².